The molecule has 1 aromatic rings. The standard InChI is InChI=1S/C19H25NO3/c1-10-4-5-13(8-11(10)2)12(3)20-18(21)16-14-6-7-15(9-14)17(16)19(22)23/h4-5,8,12,14-17H,6-7,9H2,1-3H3,(H,20,21)(H,22,23)/p-1/t12-,14-,15-,16+,17-/m0/s1. The van der Waals surface area contributed by atoms with Gasteiger partial charge < -0.3 is 15.2 Å². The number of nitrogens with one attached hydrogen (secondary N) is 1. The summed E-state index contributed by atoms with van der Waals surface area (Å²) in [6.07, 6.45) is 2.74. The van der Waals surface area contributed by atoms with Gasteiger partial charge in [-0.2, -0.15) is 0 Å². The minimum absolute atomic E-state index is 0.122. The van der Waals surface area contributed by atoms with Gasteiger partial charge in [0.05, 0.1) is 6.04 Å². The van der Waals surface area contributed by atoms with Crippen LogP contribution in [0.3, 0.4) is 0 Å². The van der Waals surface area contributed by atoms with Gasteiger partial charge in [0.1, 0.15) is 0 Å². The molecule has 1 aromatic carbocycles. The first-order valence-electron chi connectivity index (χ1n) is 8.47. The average molecular weight is 314 g/mol. The van der Waals surface area contributed by atoms with Crippen molar-refractivity contribution in [1.29, 1.82) is 0 Å². The van der Waals surface area contributed by atoms with Crippen molar-refractivity contribution in [2.45, 2.75) is 46.1 Å². The number of carbonyl (C=O) groups is 2. The van der Waals surface area contributed by atoms with Gasteiger partial charge in [-0.3, -0.25) is 4.79 Å². The number of hydrogen-bond acceptors (Lipinski definition) is 3. The van der Waals surface area contributed by atoms with Crippen molar-refractivity contribution < 1.29 is 14.7 Å². The number of carboxylic acid groups (broad SMARTS) is 1. The summed E-state index contributed by atoms with van der Waals surface area (Å²) in [5.41, 5.74) is 3.46. The maximum absolute atomic E-state index is 12.7. The second kappa shape index (κ2) is 5.99. The first kappa shape index (κ1) is 16.0. The molecule has 5 atom stereocenters. The Bertz CT molecular complexity index is 640. The maximum atomic E-state index is 12.7. The van der Waals surface area contributed by atoms with E-state index in [1.54, 1.807) is 0 Å². The van der Waals surface area contributed by atoms with Crippen LogP contribution in [0.2, 0.25) is 0 Å². The normalized spacial score (nSPS) is 30.2. The zero-order valence-corrected chi connectivity index (χ0v) is 14.0. The van der Waals surface area contributed by atoms with Crippen molar-refractivity contribution in [2.24, 2.45) is 23.7 Å². The number of benzene rings is 1. The Morgan fingerprint density at radius 1 is 1.13 bits per heavy atom. The molecule has 2 saturated carbocycles. The third-order valence-electron chi connectivity index (χ3n) is 5.88. The van der Waals surface area contributed by atoms with Crippen molar-refractivity contribution in [3.05, 3.63) is 34.9 Å². The topological polar surface area (TPSA) is 69.2 Å². The number of hydrogen-bond donors (Lipinski definition) is 1. The Morgan fingerprint density at radius 2 is 1.78 bits per heavy atom. The fourth-order valence-electron chi connectivity index (χ4n) is 4.43. The van der Waals surface area contributed by atoms with E-state index in [0.717, 1.165) is 24.8 Å². The Balaban J connectivity index is 1.73. The highest BCUT2D eigenvalue weighted by atomic mass is 16.4. The Kier molecular flexibility index (Phi) is 4.17. The van der Waals surface area contributed by atoms with Gasteiger partial charge >= 0.3 is 0 Å². The van der Waals surface area contributed by atoms with Gasteiger partial charge in [0.25, 0.3) is 0 Å². The van der Waals surface area contributed by atoms with Crippen molar-refractivity contribution in [2.75, 3.05) is 0 Å². The fraction of sp³-hybridized carbons (Fsp3) is 0.579. The molecule has 0 spiro atoms. The zero-order chi connectivity index (χ0) is 16.7. The first-order valence-corrected chi connectivity index (χ1v) is 8.47. The molecule has 4 nitrogen and oxygen atoms in total. The summed E-state index contributed by atoms with van der Waals surface area (Å²) in [7, 11) is 0. The van der Waals surface area contributed by atoms with Crippen molar-refractivity contribution in [3.8, 4) is 0 Å². The minimum Gasteiger partial charge on any atom is -0.550 e. The summed E-state index contributed by atoms with van der Waals surface area (Å²) in [5.74, 6) is -1.89. The molecule has 0 aliphatic heterocycles. The Labute approximate surface area is 137 Å². The lowest BCUT2D eigenvalue weighted by Crippen LogP contribution is -2.46. The second-order valence-corrected chi connectivity index (χ2v) is 7.28. The SMILES string of the molecule is Cc1ccc([C@H](C)NC(=O)[C@@H]2[C@H]3CC[C@@H](C3)[C@@H]2C(=O)[O-])cc1C. The average Bonchev–Trinajstić information content (AvgIpc) is 3.10. The lowest BCUT2D eigenvalue weighted by Gasteiger charge is -2.31. The van der Waals surface area contributed by atoms with Gasteiger partial charge in [-0.1, -0.05) is 18.2 Å². The molecule has 0 radical (unpaired) electrons. The van der Waals surface area contributed by atoms with Crippen LogP contribution in [-0.4, -0.2) is 11.9 Å². The molecule has 1 amide bonds. The van der Waals surface area contributed by atoms with E-state index in [9.17, 15) is 14.7 Å². The van der Waals surface area contributed by atoms with Crippen LogP contribution < -0.4 is 10.4 Å². The van der Waals surface area contributed by atoms with Crippen LogP contribution in [0.25, 0.3) is 0 Å². The number of carboxylic acids is 1. The number of aliphatic carboxylic acids is 1. The molecular formula is C19H24NO3-. The van der Waals surface area contributed by atoms with Crippen molar-refractivity contribution in [3.63, 3.8) is 0 Å². The molecule has 2 aliphatic carbocycles. The molecular weight excluding hydrogens is 290 g/mol. The summed E-state index contributed by atoms with van der Waals surface area (Å²) in [6, 6.07) is 6.03. The van der Waals surface area contributed by atoms with Gasteiger partial charge in [0.15, 0.2) is 0 Å². The monoisotopic (exact) mass is 314 g/mol. The summed E-state index contributed by atoms with van der Waals surface area (Å²) in [6.45, 7) is 6.06. The van der Waals surface area contributed by atoms with Crippen LogP contribution in [0.1, 0.15) is 48.9 Å². The summed E-state index contributed by atoms with van der Waals surface area (Å²) < 4.78 is 0. The summed E-state index contributed by atoms with van der Waals surface area (Å²) in [5, 5.41) is 14.5. The van der Waals surface area contributed by atoms with Crippen molar-refractivity contribution >= 4 is 11.9 Å². The molecule has 0 aromatic heterocycles. The molecule has 4 heteroatoms. The second-order valence-electron chi connectivity index (χ2n) is 7.28. The smallest absolute Gasteiger partial charge is 0.224 e. The molecule has 3 rings (SSSR count). The molecule has 0 unspecified atom stereocenters. The quantitative estimate of drug-likeness (QED) is 0.923. The summed E-state index contributed by atoms with van der Waals surface area (Å²) in [4.78, 5) is 24.1. The number of fused-ring (bicyclic) bond motifs is 2. The van der Waals surface area contributed by atoms with Crippen LogP contribution in [0.4, 0.5) is 0 Å². The first-order chi connectivity index (χ1) is 10.9. The van der Waals surface area contributed by atoms with Gasteiger partial charge in [0.2, 0.25) is 5.91 Å². The maximum Gasteiger partial charge on any atom is 0.224 e. The number of aryl methyl sites for hydroxylation is 2. The lowest BCUT2D eigenvalue weighted by molar-refractivity contribution is -0.314. The molecule has 1 N–H and O–H groups in total. The molecule has 2 aliphatic rings. The fourth-order valence-corrected chi connectivity index (χ4v) is 4.43. The van der Waals surface area contributed by atoms with E-state index in [-0.39, 0.29) is 23.8 Å². The van der Waals surface area contributed by atoms with Gasteiger partial charge in [-0.25, -0.2) is 0 Å². The largest absolute Gasteiger partial charge is 0.550 e. The molecule has 2 bridgehead atoms. The molecule has 0 heterocycles. The van der Waals surface area contributed by atoms with E-state index in [1.807, 2.05) is 13.0 Å². The highest BCUT2D eigenvalue weighted by Gasteiger charge is 2.51. The third-order valence-corrected chi connectivity index (χ3v) is 5.88. The van der Waals surface area contributed by atoms with E-state index in [1.165, 1.54) is 11.1 Å². The molecule has 2 fully saturated rings. The van der Waals surface area contributed by atoms with Crippen molar-refractivity contribution in [1.82, 2.24) is 5.32 Å². The highest BCUT2D eigenvalue weighted by Crippen LogP contribution is 2.52. The van der Waals surface area contributed by atoms with E-state index in [2.05, 4.69) is 31.3 Å². The van der Waals surface area contributed by atoms with Crippen LogP contribution in [0.5, 0.6) is 0 Å². The minimum atomic E-state index is -1.06. The third kappa shape index (κ3) is 2.87. The molecule has 23 heavy (non-hydrogen) atoms. The Hall–Kier alpha value is -1.84. The molecule has 124 valence electrons. The predicted octanol–water partition coefficient (Wildman–Crippen LogP) is 1.89. The van der Waals surface area contributed by atoms with E-state index < -0.39 is 17.8 Å². The zero-order valence-electron chi connectivity index (χ0n) is 14.0. The van der Waals surface area contributed by atoms with Gasteiger partial charge in [-0.15, -0.1) is 0 Å². The van der Waals surface area contributed by atoms with Crippen LogP contribution in [-0.2, 0) is 9.59 Å². The number of rotatable bonds is 4. The van der Waals surface area contributed by atoms with E-state index in [4.69, 9.17) is 0 Å². The van der Waals surface area contributed by atoms with Crippen LogP contribution in [0, 0.1) is 37.5 Å². The highest BCUT2D eigenvalue weighted by molar-refractivity contribution is 5.85. The summed E-state index contributed by atoms with van der Waals surface area (Å²) >= 11 is 0. The molecule has 0 saturated heterocycles. The van der Waals surface area contributed by atoms with Crippen LogP contribution in [0.15, 0.2) is 18.2 Å². The number of amides is 1. The Morgan fingerprint density at radius 3 is 2.39 bits per heavy atom. The van der Waals surface area contributed by atoms with Crippen LogP contribution >= 0.6 is 0 Å². The van der Waals surface area contributed by atoms with E-state index >= 15 is 0 Å². The lowest BCUT2D eigenvalue weighted by atomic mass is 9.78. The van der Waals surface area contributed by atoms with Gasteiger partial charge in [0, 0.05) is 17.8 Å². The predicted molar refractivity (Wildman–Crippen MR) is 85.3 cm³/mol. The van der Waals surface area contributed by atoms with E-state index in [0.29, 0.717) is 0 Å². The van der Waals surface area contributed by atoms with Gasteiger partial charge in [-0.05, 0) is 68.6 Å². The number of carbonyl (C=O) groups excluding carboxylic acids is 2.